The molecule has 3 nitrogen and oxygen atoms in total. The minimum Gasteiger partial charge on any atom is -0.383 e. The summed E-state index contributed by atoms with van der Waals surface area (Å²) in [5.41, 5.74) is 7.60. The Kier molecular flexibility index (Phi) is 4.04. The molecule has 2 N–H and O–H groups in total. The average Bonchev–Trinajstić information content (AvgIpc) is 2.68. The number of halogens is 2. The summed E-state index contributed by atoms with van der Waals surface area (Å²) in [5, 5.41) is 0. The van der Waals surface area contributed by atoms with Crippen molar-refractivity contribution in [2.24, 2.45) is 0 Å². The fourth-order valence-corrected chi connectivity index (χ4v) is 2.53. The van der Waals surface area contributed by atoms with E-state index in [4.69, 9.17) is 5.73 Å². The van der Waals surface area contributed by atoms with E-state index in [1.165, 1.54) is 12.1 Å². The minimum absolute atomic E-state index is 0.296. The number of hydrogen-bond acceptors (Lipinski definition) is 2. The fraction of sp³-hybridized carbons (Fsp3) is 0.214. The molecule has 0 spiro atoms. The summed E-state index contributed by atoms with van der Waals surface area (Å²) in [5.74, 6) is 1.17. The topological polar surface area (TPSA) is 43.8 Å². The number of rotatable bonds is 4. The Morgan fingerprint density at radius 1 is 1.53 bits per heavy atom. The highest BCUT2D eigenvalue weighted by Gasteiger charge is 2.16. The van der Waals surface area contributed by atoms with Gasteiger partial charge in [0.2, 0.25) is 0 Å². The molecule has 5 heteroatoms. The summed E-state index contributed by atoms with van der Waals surface area (Å²) < 4.78 is 15.7. The highest BCUT2D eigenvalue weighted by molar-refractivity contribution is 9.10. The Hall–Kier alpha value is -1.62. The van der Waals surface area contributed by atoms with Crippen LogP contribution in [0.5, 0.6) is 0 Å². The van der Waals surface area contributed by atoms with Gasteiger partial charge < -0.3 is 10.3 Å². The van der Waals surface area contributed by atoms with Crippen molar-refractivity contribution >= 4 is 21.7 Å². The van der Waals surface area contributed by atoms with E-state index in [0.717, 1.165) is 17.8 Å². The van der Waals surface area contributed by atoms with Gasteiger partial charge in [0.25, 0.3) is 0 Å². The molecule has 1 aromatic carbocycles. The van der Waals surface area contributed by atoms with E-state index in [2.05, 4.69) is 27.5 Å². The molecule has 0 bridgehead atoms. The van der Waals surface area contributed by atoms with E-state index in [9.17, 15) is 4.39 Å². The van der Waals surface area contributed by atoms with E-state index >= 15 is 0 Å². The van der Waals surface area contributed by atoms with Crippen LogP contribution in [0.2, 0.25) is 0 Å². The van der Waals surface area contributed by atoms with Crippen molar-refractivity contribution in [1.82, 2.24) is 9.55 Å². The minimum atomic E-state index is -0.296. The van der Waals surface area contributed by atoms with Crippen molar-refractivity contribution in [3.8, 4) is 11.3 Å². The quantitative estimate of drug-likeness (QED) is 0.870. The standard InChI is InChI=1S/C14H15BrFN3/c1-3-7-19-12(4-2)18-13(14(19)17)10-6-5-9(16)8-11(10)15/h3,5-6,8H,1,4,7,17H2,2H3. The van der Waals surface area contributed by atoms with Gasteiger partial charge in [-0.15, -0.1) is 6.58 Å². The van der Waals surface area contributed by atoms with Crippen LogP contribution in [0.25, 0.3) is 11.3 Å². The van der Waals surface area contributed by atoms with E-state index in [0.29, 0.717) is 22.5 Å². The Labute approximate surface area is 120 Å². The van der Waals surface area contributed by atoms with Gasteiger partial charge in [0.15, 0.2) is 0 Å². The van der Waals surface area contributed by atoms with E-state index in [-0.39, 0.29) is 5.82 Å². The number of aromatic nitrogens is 2. The van der Waals surface area contributed by atoms with Gasteiger partial charge in [-0.25, -0.2) is 9.37 Å². The molecule has 0 saturated carbocycles. The van der Waals surface area contributed by atoms with Crippen LogP contribution in [0, 0.1) is 5.82 Å². The molecule has 0 amide bonds. The zero-order chi connectivity index (χ0) is 14.0. The lowest BCUT2D eigenvalue weighted by Gasteiger charge is -2.06. The monoisotopic (exact) mass is 323 g/mol. The van der Waals surface area contributed by atoms with Crippen molar-refractivity contribution in [2.75, 3.05) is 5.73 Å². The molecule has 0 saturated heterocycles. The van der Waals surface area contributed by atoms with Crippen molar-refractivity contribution in [1.29, 1.82) is 0 Å². The largest absolute Gasteiger partial charge is 0.383 e. The molecule has 0 radical (unpaired) electrons. The summed E-state index contributed by atoms with van der Waals surface area (Å²) in [4.78, 5) is 4.55. The first-order valence-electron chi connectivity index (χ1n) is 5.99. The fourth-order valence-electron chi connectivity index (χ4n) is 2.00. The summed E-state index contributed by atoms with van der Waals surface area (Å²) in [6.07, 6.45) is 2.55. The second-order valence-corrected chi connectivity index (χ2v) is 4.99. The Morgan fingerprint density at radius 3 is 2.84 bits per heavy atom. The molecular weight excluding hydrogens is 309 g/mol. The van der Waals surface area contributed by atoms with Crippen LogP contribution in [-0.2, 0) is 13.0 Å². The molecule has 19 heavy (non-hydrogen) atoms. The molecule has 0 aliphatic rings. The molecule has 2 rings (SSSR count). The number of nitrogen functional groups attached to an aromatic ring is 1. The predicted octanol–water partition coefficient (Wildman–Crippen LogP) is 3.78. The molecule has 0 atom stereocenters. The second kappa shape index (κ2) is 5.57. The van der Waals surface area contributed by atoms with Crippen molar-refractivity contribution in [3.63, 3.8) is 0 Å². The van der Waals surface area contributed by atoms with Gasteiger partial charge in [-0.05, 0) is 34.1 Å². The maximum Gasteiger partial charge on any atom is 0.132 e. The predicted molar refractivity (Wildman–Crippen MR) is 79.3 cm³/mol. The van der Waals surface area contributed by atoms with Gasteiger partial charge >= 0.3 is 0 Å². The molecule has 0 fully saturated rings. The average molecular weight is 324 g/mol. The number of nitrogens with zero attached hydrogens (tertiary/aromatic N) is 2. The number of nitrogens with two attached hydrogens (primary N) is 1. The summed E-state index contributed by atoms with van der Waals surface area (Å²) in [6, 6.07) is 4.49. The third kappa shape index (κ3) is 2.56. The first kappa shape index (κ1) is 13.8. The Bertz CT molecular complexity index is 619. The van der Waals surface area contributed by atoms with Gasteiger partial charge in [-0.3, -0.25) is 0 Å². The Balaban J connectivity index is 2.59. The van der Waals surface area contributed by atoms with Gasteiger partial charge in [-0.2, -0.15) is 0 Å². The van der Waals surface area contributed by atoms with Crippen molar-refractivity contribution in [2.45, 2.75) is 19.9 Å². The SMILES string of the molecule is C=CCn1c(CC)nc(-c2ccc(F)cc2Br)c1N. The Morgan fingerprint density at radius 2 is 2.26 bits per heavy atom. The lowest BCUT2D eigenvalue weighted by molar-refractivity contribution is 0.627. The molecule has 2 aromatic rings. The zero-order valence-electron chi connectivity index (χ0n) is 10.7. The first-order valence-corrected chi connectivity index (χ1v) is 6.79. The first-order chi connectivity index (χ1) is 9.08. The van der Waals surface area contributed by atoms with E-state index < -0.39 is 0 Å². The summed E-state index contributed by atoms with van der Waals surface area (Å²) >= 11 is 3.35. The number of anilines is 1. The second-order valence-electron chi connectivity index (χ2n) is 4.14. The van der Waals surface area contributed by atoms with Gasteiger partial charge in [0, 0.05) is 23.0 Å². The molecule has 100 valence electrons. The number of allylic oxidation sites excluding steroid dienone is 1. The van der Waals surface area contributed by atoms with Gasteiger partial charge in [-0.1, -0.05) is 13.0 Å². The van der Waals surface area contributed by atoms with Crippen molar-refractivity contribution in [3.05, 3.63) is 47.0 Å². The van der Waals surface area contributed by atoms with Crippen molar-refractivity contribution < 1.29 is 4.39 Å². The van der Waals surface area contributed by atoms with Crippen LogP contribution in [0.3, 0.4) is 0 Å². The lowest BCUT2D eigenvalue weighted by Crippen LogP contribution is -2.05. The van der Waals surface area contributed by atoms with Crippen LogP contribution < -0.4 is 5.73 Å². The van der Waals surface area contributed by atoms with Crippen LogP contribution in [0.15, 0.2) is 35.3 Å². The molecule has 0 unspecified atom stereocenters. The molecule has 1 aromatic heterocycles. The highest BCUT2D eigenvalue weighted by Crippen LogP contribution is 2.32. The van der Waals surface area contributed by atoms with Crippen LogP contribution >= 0.6 is 15.9 Å². The lowest BCUT2D eigenvalue weighted by atomic mass is 10.1. The summed E-state index contributed by atoms with van der Waals surface area (Å²) in [7, 11) is 0. The van der Waals surface area contributed by atoms with Crippen LogP contribution in [-0.4, -0.2) is 9.55 Å². The third-order valence-electron chi connectivity index (χ3n) is 2.90. The molecule has 1 heterocycles. The zero-order valence-corrected chi connectivity index (χ0v) is 12.2. The maximum atomic E-state index is 13.1. The smallest absolute Gasteiger partial charge is 0.132 e. The van der Waals surface area contributed by atoms with Crippen LogP contribution in [0.1, 0.15) is 12.7 Å². The number of imidazole rings is 1. The summed E-state index contributed by atoms with van der Waals surface area (Å²) in [6.45, 7) is 6.35. The van der Waals surface area contributed by atoms with Gasteiger partial charge in [0.1, 0.15) is 23.2 Å². The molecule has 0 aliphatic carbocycles. The normalized spacial score (nSPS) is 10.7. The van der Waals surface area contributed by atoms with E-state index in [1.807, 2.05) is 11.5 Å². The highest BCUT2D eigenvalue weighted by atomic mass is 79.9. The number of aryl methyl sites for hydroxylation is 1. The third-order valence-corrected chi connectivity index (χ3v) is 3.56. The number of hydrogen-bond donors (Lipinski definition) is 1. The van der Waals surface area contributed by atoms with E-state index in [1.54, 1.807) is 12.1 Å². The maximum absolute atomic E-state index is 13.1. The molecule has 0 aliphatic heterocycles. The van der Waals surface area contributed by atoms with Gasteiger partial charge in [0.05, 0.1) is 0 Å². The molecular formula is C14H15BrFN3. The number of benzene rings is 1. The van der Waals surface area contributed by atoms with Crippen LogP contribution in [0.4, 0.5) is 10.2 Å².